The van der Waals surface area contributed by atoms with Crippen molar-refractivity contribution in [2.24, 2.45) is 0 Å². The van der Waals surface area contributed by atoms with Gasteiger partial charge in [0.2, 0.25) is 0 Å². The first-order valence-electron chi connectivity index (χ1n) is 7.16. The number of hydrogen-bond acceptors (Lipinski definition) is 3. The SMILES string of the molecule is Cc1cc(C)c(NC(=O)c2ccnc3ccccc23)c(C)n1. The number of hydrogen-bond donors (Lipinski definition) is 1. The molecule has 0 spiro atoms. The Hall–Kier alpha value is -2.75. The Balaban J connectivity index is 2.01. The van der Waals surface area contributed by atoms with E-state index in [1.165, 1.54) is 0 Å². The molecule has 4 nitrogen and oxygen atoms in total. The van der Waals surface area contributed by atoms with Crippen LogP contribution in [0.1, 0.15) is 27.3 Å². The number of aromatic nitrogens is 2. The van der Waals surface area contributed by atoms with E-state index >= 15 is 0 Å². The fourth-order valence-corrected chi connectivity index (χ4v) is 2.69. The maximum Gasteiger partial charge on any atom is 0.256 e. The minimum Gasteiger partial charge on any atom is -0.320 e. The summed E-state index contributed by atoms with van der Waals surface area (Å²) in [6.07, 6.45) is 1.66. The molecule has 4 heteroatoms. The summed E-state index contributed by atoms with van der Waals surface area (Å²) in [5.41, 5.74) is 4.98. The maximum absolute atomic E-state index is 12.7. The van der Waals surface area contributed by atoms with Crippen molar-refractivity contribution in [1.82, 2.24) is 9.97 Å². The summed E-state index contributed by atoms with van der Waals surface area (Å²) >= 11 is 0. The second kappa shape index (κ2) is 5.56. The van der Waals surface area contributed by atoms with Gasteiger partial charge in [-0.15, -0.1) is 0 Å². The van der Waals surface area contributed by atoms with Crippen LogP contribution in [0.2, 0.25) is 0 Å². The summed E-state index contributed by atoms with van der Waals surface area (Å²) in [4.78, 5) is 21.4. The summed E-state index contributed by atoms with van der Waals surface area (Å²) in [7, 11) is 0. The Bertz CT molecular complexity index is 843. The molecule has 110 valence electrons. The lowest BCUT2D eigenvalue weighted by Crippen LogP contribution is -2.15. The standard InChI is InChI=1S/C18H17N3O/c1-11-10-12(2)20-13(3)17(11)21-18(22)15-8-9-19-16-7-5-4-6-14(15)16/h4-10H,1-3H3,(H,21,22). The van der Waals surface area contributed by atoms with E-state index in [2.05, 4.69) is 15.3 Å². The molecule has 2 heterocycles. The van der Waals surface area contributed by atoms with Crippen molar-refractivity contribution in [2.45, 2.75) is 20.8 Å². The third kappa shape index (κ3) is 2.55. The Morgan fingerprint density at radius 2 is 1.86 bits per heavy atom. The lowest BCUT2D eigenvalue weighted by Gasteiger charge is -2.13. The largest absolute Gasteiger partial charge is 0.320 e. The normalized spacial score (nSPS) is 10.7. The third-order valence-electron chi connectivity index (χ3n) is 3.66. The number of aryl methyl sites for hydroxylation is 3. The highest BCUT2D eigenvalue weighted by Crippen LogP contribution is 2.22. The van der Waals surface area contributed by atoms with E-state index in [9.17, 15) is 4.79 Å². The van der Waals surface area contributed by atoms with Gasteiger partial charge >= 0.3 is 0 Å². The maximum atomic E-state index is 12.7. The van der Waals surface area contributed by atoms with E-state index in [1.54, 1.807) is 12.3 Å². The first-order chi connectivity index (χ1) is 10.6. The van der Waals surface area contributed by atoms with Gasteiger partial charge in [0.25, 0.3) is 5.91 Å². The number of fused-ring (bicyclic) bond motifs is 1. The van der Waals surface area contributed by atoms with Crippen LogP contribution in [0.5, 0.6) is 0 Å². The van der Waals surface area contributed by atoms with Crippen molar-refractivity contribution in [3.63, 3.8) is 0 Å². The highest BCUT2D eigenvalue weighted by atomic mass is 16.1. The van der Waals surface area contributed by atoms with Crippen molar-refractivity contribution >= 4 is 22.5 Å². The molecule has 0 atom stereocenters. The zero-order chi connectivity index (χ0) is 15.7. The van der Waals surface area contributed by atoms with Gasteiger partial charge in [-0.1, -0.05) is 18.2 Å². The van der Waals surface area contributed by atoms with Crippen molar-refractivity contribution < 1.29 is 4.79 Å². The molecule has 0 radical (unpaired) electrons. The summed E-state index contributed by atoms with van der Waals surface area (Å²) in [6, 6.07) is 11.3. The first-order valence-corrected chi connectivity index (χ1v) is 7.16. The van der Waals surface area contributed by atoms with Gasteiger partial charge in [0.15, 0.2) is 0 Å². The molecule has 3 rings (SSSR count). The Morgan fingerprint density at radius 1 is 1.09 bits per heavy atom. The van der Waals surface area contributed by atoms with Crippen LogP contribution in [-0.4, -0.2) is 15.9 Å². The molecule has 1 N–H and O–H groups in total. The smallest absolute Gasteiger partial charge is 0.256 e. The number of nitrogens with zero attached hydrogens (tertiary/aromatic N) is 2. The number of carbonyl (C=O) groups is 1. The zero-order valence-corrected chi connectivity index (χ0v) is 12.8. The van der Waals surface area contributed by atoms with Crippen LogP contribution in [0.25, 0.3) is 10.9 Å². The fourth-order valence-electron chi connectivity index (χ4n) is 2.69. The van der Waals surface area contributed by atoms with Crippen molar-refractivity contribution in [3.8, 4) is 0 Å². The highest BCUT2D eigenvalue weighted by molar-refractivity contribution is 6.12. The fraction of sp³-hybridized carbons (Fsp3) is 0.167. The molecule has 0 saturated heterocycles. The quantitative estimate of drug-likeness (QED) is 0.781. The average Bonchev–Trinajstić information content (AvgIpc) is 2.50. The predicted molar refractivity (Wildman–Crippen MR) is 88.1 cm³/mol. The molecule has 0 saturated carbocycles. The van der Waals surface area contributed by atoms with Crippen LogP contribution >= 0.6 is 0 Å². The second-order valence-corrected chi connectivity index (χ2v) is 5.37. The number of anilines is 1. The van der Waals surface area contributed by atoms with Crippen molar-refractivity contribution in [1.29, 1.82) is 0 Å². The lowest BCUT2D eigenvalue weighted by atomic mass is 10.1. The van der Waals surface area contributed by atoms with E-state index < -0.39 is 0 Å². The number of carbonyl (C=O) groups excluding carboxylic acids is 1. The van der Waals surface area contributed by atoms with Crippen LogP contribution in [0, 0.1) is 20.8 Å². The zero-order valence-electron chi connectivity index (χ0n) is 12.8. The minimum absolute atomic E-state index is 0.143. The van der Waals surface area contributed by atoms with Gasteiger partial charge < -0.3 is 5.32 Å². The van der Waals surface area contributed by atoms with Crippen LogP contribution in [0.15, 0.2) is 42.6 Å². The molecule has 0 unspecified atom stereocenters. The van der Waals surface area contributed by atoms with Gasteiger partial charge in [0.05, 0.1) is 22.5 Å². The molecular formula is C18H17N3O. The summed E-state index contributed by atoms with van der Waals surface area (Å²) in [6.45, 7) is 5.82. The van der Waals surface area contributed by atoms with E-state index in [0.29, 0.717) is 5.56 Å². The molecule has 1 amide bonds. The Morgan fingerprint density at radius 3 is 2.64 bits per heavy atom. The van der Waals surface area contributed by atoms with Gasteiger partial charge in [0, 0.05) is 17.3 Å². The molecule has 0 fully saturated rings. The van der Waals surface area contributed by atoms with E-state index in [1.807, 2.05) is 51.1 Å². The van der Waals surface area contributed by atoms with Gasteiger partial charge in [0.1, 0.15) is 0 Å². The molecule has 0 bridgehead atoms. The predicted octanol–water partition coefficient (Wildman–Crippen LogP) is 3.81. The summed E-state index contributed by atoms with van der Waals surface area (Å²) in [5.74, 6) is -0.143. The van der Waals surface area contributed by atoms with Gasteiger partial charge in [-0.2, -0.15) is 0 Å². The minimum atomic E-state index is -0.143. The monoisotopic (exact) mass is 291 g/mol. The number of rotatable bonds is 2. The third-order valence-corrected chi connectivity index (χ3v) is 3.66. The van der Waals surface area contributed by atoms with Crippen LogP contribution in [0.3, 0.4) is 0 Å². The lowest BCUT2D eigenvalue weighted by molar-refractivity contribution is 0.102. The topological polar surface area (TPSA) is 54.9 Å². The second-order valence-electron chi connectivity index (χ2n) is 5.37. The number of pyridine rings is 2. The molecule has 1 aromatic carbocycles. The Labute approximate surface area is 129 Å². The molecule has 0 aliphatic carbocycles. The first kappa shape index (κ1) is 14.2. The number of benzene rings is 1. The van der Waals surface area contributed by atoms with Crippen LogP contribution < -0.4 is 5.32 Å². The van der Waals surface area contributed by atoms with Gasteiger partial charge in [-0.25, -0.2) is 0 Å². The van der Waals surface area contributed by atoms with Crippen LogP contribution in [-0.2, 0) is 0 Å². The molecule has 0 aliphatic heterocycles. The molecule has 0 aliphatic rings. The van der Waals surface area contributed by atoms with E-state index in [0.717, 1.165) is 33.5 Å². The van der Waals surface area contributed by atoms with Gasteiger partial charge in [-0.3, -0.25) is 14.8 Å². The van der Waals surface area contributed by atoms with Crippen molar-refractivity contribution in [3.05, 3.63) is 65.1 Å². The molecule has 22 heavy (non-hydrogen) atoms. The highest BCUT2D eigenvalue weighted by Gasteiger charge is 2.13. The van der Waals surface area contributed by atoms with Crippen molar-refractivity contribution in [2.75, 3.05) is 5.32 Å². The summed E-state index contributed by atoms with van der Waals surface area (Å²) in [5, 5.41) is 3.83. The summed E-state index contributed by atoms with van der Waals surface area (Å²) < 4.78 is 0. The number of amides is 1. The molecule has 3 aromatic rings. The van der Waals surface area contributed by atoms with E-state index in [4.69, 9.17) is 0 Å². The molecular weight excluding hydrogens is 274 g/mol. The van der Waals surface area contributed by atoms with E-state index in [-0.39, 0.29) is 5.91 Å². The van der Waals surface area contributed by atoms with Gasteiger partial charge in [-0.05, 0) is 44.5 Å². The van der Waals surface area contributed by atoms with Crippen LogP contribution in [0.4, 0.5) is 5.69 Å². The Kier molecular flexibility index (Phi) is 3.59. The average molecular weight is 291 g/mol. The molecule has 2 aromatic heterocycles. The number of nitrogens with one attached hydrogen (secondary N) is 1. The number of para-hydroxylation sites is 1.